The van der Waals surface area contributed by atoms with Gasteiger partial charge in [-0.25, -0.2) is 4.39 Å². The third-order valence-electron chi connectivity index (χ3n) is 6.20. The molecule has 0 bridgehead atoms. The molecule has 8 heteroatoms. The highest BCUT2D eigenvalue weighted by atomic mass is 19.1. The number of anilines is 2. The first-order chi connectivity index (χ1) is 17.1. The molecule has 5 aromatic rings. The number of rotatable bonds is 5. The average Bonchev–Trinajstić information content (AvgIpc) is 3.47. The first-order valence-corrected chi connectivity index (χ1v) is 11.4. The van der Waals surface area contributed by atoms with E-state index in [4.69, 9.17) is 0 Å². The molecule has 4 heterocycles. The number of halogens is 1. The van der Waals surface area contributed by atoms with Crippen LogP contribution in [0.25, 0.3) is 33.2 Å². The molecule has 0 saturated carbocycles. The van der Waals surface area contributed by atoms with Gasteiger partial charge in [-0.15, -0.1) is 0 Å². The van der Waals surface area contributed by atoms with Gasteiger partial charge in [-0.2, -0.15) is 5.10 Å². The predicted octanol–water partition coefficient (Wildman–Crippen LogP) is 5.42. The van der Waals surface area contributed by atoms with Gasteiger partial charge in [-0.05, 0) is 49.5 Å². The van der Waals surface area contributed by atoms with Gasteiger partial charge in [0.15, 0.2) is 0 Å². The lowest BCUT2D eigenvalue weighted by Crippen LogP contribution is -2.13. The number of aromatic amines is 1. The summed E-state index contributed by atoms with van der Waals surface area (Å²) in [7, 11) is 4.09. The highest BCUT2D eigenvalue weighted by Gasteiger charge is 2.28. The monoisotopic (exact) mass is 465 g/mol. The maximum absolute atomic E-state index is 14.5. The molecule has 7 nitrogen and oxygen atoms in total. The van der Waals surface area contributed by atoms with E-state index in [1.165, 1.54) is 6.07 Å². The van der Waals surface area contributed by atoms with Crippen molar-refractivity contribution in [1.29, 1.82) is 0 Å². The second-order valence-electron chi connectivity index (χ2n) is 9.00. The van der Waals surface area contributed by atoms with Crippen LogP contribution in [0.5, 0.6) is 0 Å². The number of nitrogens with zero attached hydrogens (tertiary/aromatic N) is 4. The van der Waals surface area contributed by atoms with E-state index >= 15 is 0 Å². The molecule has 3 aromatic heterocycles. The van der Waals surface area contributed by atoms with Crippen LogP contribution >= 0.6 is 0 Å². The normalized spacial score (nSPS) is 14.7. The molecule has 1 aliphatic rings. The molecule has 1 atom stereocenters. The Morgan fingerprint density at radius 1 is 0.886 bits per heavy atom. The molecular weight excluding hydrogens is 441 g/mol. The smallest absolute Gasteiger partial charge is 0.141 e. The Morgan fingerprint density at radius 3 is 2.60 bits per heavy atom. The fourth-order valence-electron chi connectivity index (χ4n) is 4.62. The van der Waals surface area contributed by atoms with E-state index < -0.39 is 0 Å². The summed E-state index contributed by atoms with van der Waals surface area (Å²) >= 11 is 0. The lowest BCUT2D eigenvalue weighted by Gasteiger charge is -2.13. The van der Waals surface area contributed by atoms with Gasteiger partial charge < -0.3 is 15.5 Å². The molecule has 174 valence electrons. The van der Waals surface area contributed by atoms with Gasteiger partial charge >= 0.3 is 0 Å². The quantitative estimate of drug-likeness (QED) is 0.321. The van der Waals surface area contributed by atoms with Crippen molar-refractivity contribution in [2.24, 2.45) is 0 Å². The summed E-state index contributed by atoms with van der Waals surface area (Å²) in [6.45, 7) is 0.826. The number of nitrogens with one attached hydrogen (secondary N) is 3. The van der Waals surface area contributed by atoms with Gasteiger partial charge in [0.05, 0.1) is 28.8 Å². The molecule has 0 spiro atoms. The Balaban J connectivity index is 1.36. The summed E-state index contributed by atoms with van der Waals surface area (Å²) in [5, 5.41) is 15.7. The summed E-state index contributed by atoms with van der Waals surface area (Å²) in [5.41, 5.74) is 7.89. The molecular formula is C27H24FN7. The Hall–Kier alpha value is -4.30. The van der Waals surface area contributed by atoms with Crippen molar-refractivity contribution < 1.29 is 4.39 Å². The second-order valence-corrected chi connectivity index (χ2v) is 9.00. The summed E-state index contributed by atoms with van der Waals surface area (Å²) in [6, 6.07) is 15.1. The molecule has 3 N–H and O–H groups in total. The molecule has 1 unspecified atom stereocenters. The standard InChI is InChI=1S/C27H24FN7/c1-35(2)15-16-9-18(12-29-11-16)17-7-8-23-20(10-17)26(34-33-23)27-31-24-14-30-13-21(25(24)32-27)19-5-3-4-6-22(19)28/h3-14,27,31-32H,15H2,1-2H3,(H,33,34). The summed E-state index contributed by atoms with van der Waals surface area (Å²) in [6.07, 6.45) is 6.95. The van der Waals surface area contributed by atoms with Crippen molar-refractivity contribution in [2.45, 2.75) is 12.7 Å². The van der Waals surface area contributed by atoms with Crippen molar-refractivity contribution >= 4 is 22.3 Å². The van der Waals surface area contributed by atoms with Gasteiger partial charge in [0, 0.05) is 47.2 Å². The zero-order chi connectivity index (χ0) is 23.9. The number of hydrogen-bond acceptors (Lipinski definition) is 6. The minimum atomic E-state index is -0.283. The highest BCUT2D eigenvalue weighted by Crippen LogP contribution is 2.43. The number of hydrogen-bond donors (Lipinski definition) is 3. The first-order valence-electron chi connectivity index (χ1n) is 11.4. The Labute approximate surface area is 202 Å². The van der Waals surface area contributed by atoms with Crippen molar-refractivity contribution in [3.8, 4) is 22.3 Å². The Kier molecular flexibility index (Phi) is 5.15. The maximum Gasteiger partial charge on any atom is 0.141 e. The minimum absolute atomic E-state index is 0.266. The molecule has 0 radical (unpaired) electrons. The molecule has 0 aliphatic carbocycles. The molecule has 1 aliphatic heterocycles. The van der Waals surface area contributed by atoms with E-state index in [2.05, 4.69) is 53.9 Å². The molecule has 0 amide bonds. The second kappa shape index (κ2) is 8.48. The SMILES string of the molecule is CN(C)Cc1cncc(-c2ccc3n[nH]c(C4Nc5cncc(-c6ccccc6F)c5N4)c3c2)c1. The van der Waals surface area contributed by atoms with Crippen LogP contribution in [0.4, 0.5) is 15.8 Å². The van der Waals surface area contributed by atoms with Gasteiger partial charge in [0.2, 0.25) is 0 Å². The molecule has 2 aromatic carbocycles. The highest BCUT2D eigenvalue weighted by molar-refractivity contribution is 5.92. The number of aromatic nitrogens is 4. The van der Waals surface area contributed by atoms with Crippen molar-refractivity contribution in [2.75, 3.05) is 24.7 Å². The van der Waals surface area contributed by atoms with Crippen LogP contribution in [-0.2, 0) is 6.54 Å². The molecule has 0 fully saturated rings. The van der Waals surface area contributed by atoms with E-state index in [1.54, 1.807) is 24.5 Å². The zero-order valence-corrected chi connectivity index (χ0v) is 19.4. The maximum atomic E-state index is 14.5. The summed E-state index contributed by atoms with van der Waals surface area (Å²) < 4.78 is 14.5. The van der Waals surface area contributed by atoms with E-state index in [9.17, 15) is 4.39 Å². The van der Waals surface area contributed by atoms with Crippen molar-refractivity contribution in [3.63, 3.8) is 0 Å². The number of fused-ring (bicyclic) bond motifs is 2. The fraction of sp³-hybridized carbons (Fsp3) is 0.148. The lowest BCUT2D eigenvalue weighted by molar-refractivity contribution is 0.402. The Bertz CT molecular complexity index is 1540. The van der Waals surface area contributed by atoms with Crippen molar-refractivity contribution in [3.05, 3.63) is 90.4 Å². The fourth-order valence-corrected chi connectivity index (χ4v) is 4.62. The topological polar surface area (TPSA) is 81.8 Å². The van der Waals surface area contributed by atoms with E-state index in [0.717, 1.165) is 51.2 Å². The van der Waals surface area contributed by atoms with Gasteiger partial charge in [-0.1, -0.05) is 24.3 Å². The lowest BCUT2D eigenvalue weighted by atomic mass is 10.0. The van der Waals surface area contributed by atoms with Crippen LogP contribution in [-0.4, -0.2) is 39.2 Å². The van der Waals surface area contributed by atoms with Crippen LogP contribution in [0.15, 0.2) is 73.3 Å². The third kappa shape index (κ3) is 3.87. The van der Waals surface area contributed by atoms with E-state index in [0.29, 0.717) is 11.1 Å². The number of pyridine rings is 2. The number of benzene rings is 2. The van der Waals surface area contributed by atoms with Crippen LogP contribution in [0, 0.1) is 5.82 Å². The average molecular weight is 466 g/mol. The minimum Gasteiger partial charge on any atom is -0.358 e. The number of H-pyrrole nitrogens is 1. The molecule has 0 saturated heterocycles. The van der Waals surface area contributed by atoms with Gasteiger partial charge in [-0.3, -0.25) is 15.1 Å². The van der Waals surface area contributed by atoms with Gasteiger partial charge in [0.1, 0.15) is 12.0 Å². The zero-order valence-electron chi connectivity index (χ0n) is 19.4. The predicted molar refractivity (Wildman–Crippen MR) is 136 cm³/mol. The first kappa shape index (κ1) is 21.2. The van der Waals surface area contributed by atoms with E-state index in [-0.39, 0.29) is 12.0 Å². The van der Waals surface area contributed by atoms with Crippen LogP contribution in [0.3, 0.4) is 0 Å². The summed E-state index contributed by atoms with van der Waals surface area (Å²) in [4.78, 5) is 10.9. The van der Waals surface area contributed by atoms with Crippen molar-refractivity contribution in [1.82, 2.24) is 25.1 Å². The van der Waals surface area contributed by atoms with Crippen LogP contribution < -0.4 is 10.6 Å². The molecule has 35 heavy (non-hydrogen) atoms. The largest absolute Gasteiger partial charge is 0.358 e. The summed E-state index contributed by atoms with van der Waals surface area (Å²) in [5.74, 6) is -0.283. The van der Waals surface area contributed by atoms with E-state index in [1.807, 2.05) is 38.6 Å². The molecule has 6 rings (SSSR count). The van der Waals surface area contributed by atoms with Crippen LogP contribution in [0.2, 0.25) is 0 Å². The van der Waals surface area contributed by atoms with Crippen LogP contribution in [0.1, 0.15) is 17.4 Å². The Morgan fingerprint density at radius 2 is 1.74 bits per heavy atom. The third-order valence-corrected chi connectivity index (χ3v) is 6.20. The van der Waals surface area contributed by atoms with Gasteiger partial charge in [0.25, 0.3) is 0 Å².